The van der Waals surface area contributed by atoms with Crippen LogP contribution >= 0.6 is 0 Å². The van der Waals surface area contributed by atoms with Gasteiger partial charge in [-0.15, -0.1) is 0 Å². The molecule has 0 aliphatic heterocycles. The van der Waals surface area contributed by atoms with Crippen LogP contribution in [-0.4, -0.2) is 6.09 Å². The summed E-state index contributed by atoms with van der Waals surface area (Å²) < 4.78 is 5.08. The summed E-state index contributed by atoms with van der Waals surface area (Å²) in [5, 5.41) is 2.48. The molecule has 0 bridgehead atoms. The van der Waals surface area contributed by atoms with Gasteiger partial charge in [-0.3, -0.25) is 5.32 Å². The van der Waals surface area contributed by atoms with Gasteiger partial charge in [0.25, 0.3) is 0 Å². The van der Waals surface area contributed by atoms with Gasteiger partial charge in [0.2, 0.25) is 0 Å². The molecule has 1 N–H and O–H groups in total. The van der Waals surface area contributed by atoms with Crippen LogP contribution in [0.5, 0.6) is 5.75 Å². The monoisotopic (exact) mass is 205 g/mol. The van der Waals surface area contributed by atoms with Gasteiger partial charge >= 0.3 is 6.09 Å². The van der Waals surface area contributed by atoms with Crippen LogP contribution in [0.15, 0.2) is 30.5 Å². The molecule has 0 aliphatic carbocycles. The Hall–Kier alpha value is -1.77. The van der Waals surface area contributed by atoms with Gasteiger partial charge in [0.05, 0.1) is 0 Å². The summed E-state index contributed by atoms with van der Waals surface area (Å²) in [6.07, 6.45) is 2.78. The Morgan fingerprint density at radius 2 is 1.87 bits per heavy atom. The number of amides is 1. The molecule has 1 aromatic rings. The Labute approximate surface area is 89.8 Å². The second-order valence-corrected chi connectivity index (χ2v) is 3.36. The topological polar surface area (TPSA) is 38.3 Å². The highest BCUT2D eigenvalue weighted by Crippen LogP contribution is 2.16. The van der Waals surface area contributed by atoms with E-state index in [1.807, 2.05) is 39.0 Å². The summed E-state index contributed by atoms with van der Waals surface area (Å²) >= 11 is 0. The lowest BCUT2D eigenvalue weighted by molar-refractivity contribution is 0.204. The van der Waals surface area contributed by atoms with Crippen molar-refractivity contribution in [3.8, 4) is 5.75 Å². The number of hydrogen-bond acceptors (Lipinski definition) is 2. The van der Waals surface area contributed by atoms with E-state index in [-0.39, 0.29) is 0 Å². The molecule has 80 valence electrons. The number of rotatable bonds is 2. The molecule has 0 heterocycles. The maximum absolute atomic E-state index is 11.2. The Morgan fingerprint density at radius 1 is 1.27 bits per heavy atom. The quantitative estimate of drug-likeness (QED) is 0.806. The number of ether oxygens (including phenoxy) is 1. The predicted molar refractivity (Wildman–Crippen MR) is 59.9 cm³/mol. The molecule has 0 atom stereocenters. The predicted octanol–water partition coefficient (Wildman–Crippen LogP) is 2.93. The molecule has 0 saturated heterocycles. The molecule has 0 aliphatic rings. The fraction of sp³-hybridized carbons (Fsp3) is 0.250. The maximum Gasteiger partial charge on any atom is 0.416 e. The third-order valence-corrected chi connectivity index (χ3v) is 1.77. The highest BCUT2D eigenvalue weighted by Gasteiger charge is 2.02. The summed E-state index contributed by atoms with van der Waals surface area (Å²) in [4.78, 5) is 11.2. The van der Waals surface area contributed by atoms with E-state index in [0.29, 0.717) is 5.75 Å². The number of carbonyl (C=O) groups excluding carboxylic acids is 1. The standard InChI is InChI=1S/C12H15NO2/c1-4-5-13-12(14)15-11-7-9(2)6-10(3)8-11/h4-8H,1-3H3,(H,13,14). The zero-order chi connectivity index (χ0) is 11.3. The third kappa shape index (κ3) is 3.85. The lowest BCUT2D eigenvalue weighted by Crippen LogP contribution is -2.21. The smallest absolute Gasteiger partial charge is 0.410 e. The van der Waals surface area contributed by atoms with Crippen LogP contribution in [-0.2, 0) is 0 Å². The normalized spacial score (nSPS) is 10.3. The molecule has 0 radical (unpaired) electrons. The number of hydrogen-bond donors (Lipinski definition) is 1. The molecule has 0 saturated carbocycles. The highest BCUT2D eigenvalue weighted by atomic mass is 16.5. The molecule has 3 nitrogen and oxygen atoms in total. The fourth-order valence-electron chi connectivity index (χ4n) is 1.28. The molecule has 3 heteroatoms. The van der Waals surface area contributed by atoms with Crippen molar-refractivity contribution >= 4 is 6.09 Å². The largest absolute Gasteiger partial charge is 0.416 e. The minimum Gasteiger partial charge on any atom is -0.410 e. The SMILES string of the molecule is CC=CNC(=O)Oc1cc(C)cc(C)c1. The van der Waals surface area contributed by atoms with Crippen LogP contribution in [0.3, 0.4) is 0 Å². The molecule has 1 aromatic carbocycles. The van der Waals surface area contributed by atoms with Crippen molar-refractivity contribution in [3.63, 3.8) is 0 Å². The van der Waals surface area contributed by atoms with Gasteiger partial charge in [-0.1, -0.05) is 12.1 Å². The molecule has 1 amide bonds. The van der Waals surface area contributed by atoms with Crippen LogP contribution in [0.1, 0.15) is 18.1 Å². The fourth-order valence-corrected chi connectivity index (χ4v) is 1.28. The van der Waals surface area contributed by atoms with Crippen LogP contribution in [0.25, 0.3) is 0 Å². The lowest BCUT2D eigenvalue weighted by atomic mass is 10.1. The number of carbonyl (C=O) groups is 1. The Morgan fingerprint density at radius 3 is 2.40 bits per heavy atom. The lowest BCUT2D eigenvalue weighted by Gasteiger charge is -2.05. The van der Waals surface area contributed by atoms with E-state index >= 15 is 0 Å². The summed E-state index contributed by atoms with van der Waals surface area (Å²) in [7, 11) is 0. The first-order chi connectivity index (χ1) is 7.11. The van der Waals surface area contributed by atoms with Crippen LogP contribution in [0, 0.1) is 13.8 Å². The van der Waals surface area contributed by atoms with Crippen molar-refractivity contribution in [1.29, 1.82) is 0 Å². The minimum atomic E-state index is -0.474. The van der Waals surface area contributed by atoms with Crippen molar-refractivity contribution in [3.05, 3.63) is 41.6 Å². The second-order valence-electron chi connectivity index (χ2n) is 3.36. The Bertz CT molecular complexity index is 363. The number of allylic oxidation sites excluding steroid dienone is 1. The van der Waals surface area contributed by atoms with Crippen LogP contribution in [0.4, 0.5) is 4.79 Å². The molecule has 0 fully saturated rings. The van der Waals surface area contributed by atoms with Gasteiger partial charge in [0.15, 0.2) is 0 Å². The molecule has 0 aromatic heterocycles. The van der Waals surface area contributed by atoms with Crippen molar-refractivity contribution in [2.45, 2.75) is 20.8 Å². The van der Waals surface area contributed by atoms with E-state index in [4.69, 9.17) is 4.74 Å². The van der Waals surface area contributed by atoms with Crippen molar-refractivity contribution < 1.29 is 9.53 Å². The van der Waals surface area contributed by atoms with Crippen LogP contribution < -0.4 is 10.1 Å². The Kier molecular flexibility index (Phi) is 3.92. The van der Waals surface area contributed by atoms with Gasteiger partial charge in [-0.05, 0) is 44.0 Å². The summed E-state index contributed by atoms with van der Waals surface area (Å²) in [5.41, 5.74) is 2.15. The Balaban J connectivity index is 2.68. The second kappa shape index (κ2) is 5.20. The highest BCUT2D eigenvalue weighted by molar-refractivity contribution is 5.71. The third-order valence-electron chi connectivity index (χ3n) is 1.77. The average molecular weight is 205 g/mol. The van der Waals surface area contributed by atoms with Gasteiger partial charge in [-0.25, -0.2) is 4.79 Å². The number of aryl methyl sites for hydroxylation is 2. The van der Waals surface area contributed by atoms with Gasteiger partial charge in [0, 0.05) is 6.20 Å². The van der Waals surface area contributed by atoms with Gasteiger partial charge in [0.1, 0.15) is 5.75 Å². The zero-order valence-corrected chi connectivity index (χ0v) is 9.20. The molecular formula is C12H15NO2. The maximum atomic E-state index is 11.2. The van der Waals surface area contributed by atoms with Crippen molar-refractivity contribution in [2.24, 2.45) is 0 Å². The van der Waals surface area contributed by atoms with E-state index < -0.39 is 6.09 Å². The average Bonchev–Trinajstić information content (AvgIpc) is 2.13. The van der Waals surface area contributed by atoms with Crippen molar-refractivity contribution in [2.75, 3.05) is 0 Å². The first-order valence-electron chi connectivity index (χ1n) is 4.79. The van der Waals surface area contributed by atoms with E-state index in [2.05, 4.69) is 5.32 Å². The molecular weight excluding hydrogens is 190 g/mol. The van der Waals surface area contributed by atoms with Crippen LogP contribution in [0.2, 0.25) is 0 Å². The van der Waals surface area contributed by atoms with Gasteiger partial charge < -0.3 is 4.74 Å². The zero-order valence-electron chi connectivity index (χ0n) is 9.20. The van der Waals surface area contributed by atoms with E-state index in [1.54, 1.807) is 6.08 Å². The molecule has 15 heavy (non-hydrogen) atoms. The summed E-state index contributed by atoms with van der Waals surface area (Å²) in [5.74, 6) is 0.564. The van der Waals surface area contributed by atoms with Gasteiger partial charge in [-0.2, -0.15) is 0 Å². The molecule has 0 unspecified atom stereocenters. The molecule has 1 rings (SSSR count). The van der Waals surface area contributed by atoms with E-state index in [0.717, 1.165) is 11.1 Å². The minimum absolute atomic E-state index is 0.474. The summed E-state index contributed by atoms with van der Waals surface area (Å²) in [6.45, 7) is 5.74. The van der Waals surface area contributed by atoms with E-state index in [1.165, 1.54) is 6.20 Å². The van der Waals surface area contributed by atoms with E-state index in [9.17, 15) is 4.79 Å². The van der Waals surface area contributed by atoms with Crippen molar-refractivity contribution in [1.82, 2.24) is 5.32 Å². The number of benzene rings is 1. The first-order valence-corrected chi connectivity index (χ1v) is 4.79. The molecule has 0 spiro atoms. The first kappa shape index (κ1) is 11.3. The number of nitrogens with one attached hydrogen (secondary N) is 1. The summed E-state index contributed by atoms with van der Waals surface area (Å²) in [6, 6.07) is 5.67.